The Morgan fingerprint density at radius 2 is 1.74 bits per heavy atom. The Hall–Kier alpha value is -1.11. The third-order valence-electron chi connectivity index (χ3n) is 4.99. The fourth-order valence-electron chi connectivity index (χ4n) is 3.63. The topological polar surface area (TPSA) is 83.6 Å². The Bertz CT molecular complexity index is 524. The lowest BCUT2D eigenvalue weighted by Crippen LogP contribution is -2.52. The molecule has 0 aromatic carbocycles. The number of sulfone groups is 1. The molecule has 2 amide bonds. The van der Waals surface area contributed by atoms with Crippen molar-refractivity contribution in [3.8, 4) is 0 Å². The van der Waals surface area contributed by atoms with Gasteiger partial charge in [-0.05, 0) is 18.8 Å². The Morgan fingerprint density at radius 1 is 1.09 bits per heavy atom. The van der Waals surface area contributed by atoms with Gasteiger partial charge in [-0.25, -0.2) is 8.42 Å². The Kier molecular flexibility index (Phi) is 6.44. The van der Waals surface area contributed by atoms with Crippen LogP contribution >= 0.6 is 0 Å². The zero-order valence-electron chi connectivity index (χ0n) is 13.9. The van der Waals surface area contributed by atoms with Crippen LogP contribution in [0.5, 0.6) is 0 Å². The lowest BCUT2D eigenvalue weighted by Gasteiger charge is -2.36. The van der Waals surface area contributed by atoms with Crippen LogP contribution in [0, 0.1) is 5.92 Å². The van der Waals surface area contributed by atoms with E-state index in [1.807, 2.05) is 0 Å². The molecule has 0 radical (unpaired) electrons. The van der Waals surface area contributed by atoms with Crippen LogP contribution < -0.4 is 5.32 Å². The number of carbonyl (C=O) groups excluding carboxylic acids is 2. The summed E-state index contributed by atoms with van der Waals surface area (Å²) in [5.74, 6) is 0.106. The average Bonchev–Trinajstić information content (AvgIpc) is 2.74. The summed E-state index contributed by atoms with van der Waals surface area (Å²) >= 11 is 0. The van der Waals surface area contributed by atoms with E-state index in [1.165, 1.54) is 32.7 Å². The average molecular weight is 344 g/mol. The maximum absolute atomic E-state index is 12.7. The lowest BCUT2D eigenvalue weighted by molar-refractivity contribution is -0.135. The van der Waals surface area contributed by atoms with E-state index in [-0.39, 0.29) is 36.3 Å². The molecule has 7 heteroatoms. The van der Waals surface area contributed by atoms with Crippen LogP contribution in [0.1, 0.15) is 51.4 Å². The molecule has 1 atom stereocenters. The minimum absolute atomic E-state index is 0.00759. The second-order valence-electron chi connectivity index (χ2n) is 6.79. The molecule has 2 rings (SSSR count). The molecule has 1 aliphatic heterocycles. The Morgan fingerprint density at radius 3 is 2.35 bits per heavy atom. The summed E-state index contributed by atoms with van der Waals surface area (Å²) in [4.78, 5) is 26.0. The summed E-state index contributed by atoms with van der Waals surface area (Å²) < 4.78 is 23.7. The van der Waals surface area contributed by atoms with Crippen molar-refractivity contribution in [3.63, 3.8) is 0 Å². The van der Waals surface area contributed by atoms with Crippen LogP contribution in [-0.4, -0.2) is 56.3 Å². The van der Waals surface area contributed by atoms with Crippen LogP contribution in [-0.2, 0) is 19.4 Å². The van der Waals surface area contributed by atoms with Crippen LogP contribution in [0.2, 0.25) is 0 Å². The largest absolute Gasteiger partial charge is 0.359 e. The molecule has 1 unspecified atom stereocenters. The molecule has 132 valence electrons. The van der Waals surface area contributed by atoms with Gasteiger partial charge in [-0.3, -0.25) is 9.59 Å². The first-order valence-electron chi connectivity index (χ1n) is 8.62. The van der Waals surface area contributed by atoms with Gasteiger partial charge in [-0.15, -0.1) is 0 Å². The van der Waals surface area contributed by atoms with Gasteiger partial charge in [0, 0.05) is 26.4 Å². The first-order valence-corrected chi connectivity index (χ1v) is 10.4. The van der Waals surface area contributed by atoms with E-state index in [9.17, 15) is 18.0 Å². The highest BCUT2D eigenvalue weighted by Crippen LogP contribution is 2.27. The highest BCUT2D eigenvalue weighted by Gasteiger charge is 2.35. The lowest BCUT2D eigenvalue weighted by atomic mass is 9.95. The molecule has 1 saturated carbocycles. The van der Waals surface area contributed by atoms with Crippen LogP contribution in [0.3, 0.4) is 0 Å². The highest BCUT2D eigenvalue weighted by molar-refractivity contribution is 7.91. The first kappa shape index (κ1) is 18.2. The van der Waals surface area contributed by atoms with Gasteiger partial charge >= 0.3 is 0 Å². The summed E-state index contributed by atoms with van der Waals surface area (Å²) in [5, 5.41) is 2.52. The van der Waals surface area contributed by atoms with Crippen molar-refractivity contribution in [2.45, 2.75) is 57.4 Å². The van der Waals surface area contributed by atoms with Gasteiger partial charge in [-0.2, -0.15) is 0 Å². The number of hydrogen-bond donors (Lipinski definition) is 1. The summed E-state index contributed by atoms with van der Waals surface area (Å²) in [6.45, 7) is 0.218. The van der Waals surface area contributed by atoms with Gasteiger partial charge < -0.3 is 10.2 Å². The van der Waals surface area contributed by atoms with Crippen molar-refractivity contribution in [1.29, 1.82) is 0 Å². The van der Waals surface area contributed by atoms with E-state index in [4.69, 9.17) is 0 Å². The Labute approximate surface area is 138 Å². The van der Waals surface area contributed by atoms with E-state index in [0.29, 0.717) is 12.3 Å². The molecular weight excluding hydrogens is 316 g/mol. The fraction of sp³-hybridized carbons (Fsp3) is 0.875. The number of nitrogens with zero attached hydrogens (tertiary/aromatic N) is 1. The number of rotatable bonds is 4. The minimum Gasteiger partial charge on any atom is -0.359 e. The summed E-state index contributed by atoms with van der Waals surface area (Å²) in [7, 11) is -1.64. The molecule has 1 heterocycles. The van der Waals surface area contributed by atoms with E-state index in [0.717, 1.165) is 12.8 Å². The smallest absolute Gasteiger partial charge is 0.223 e. The molecule has 0 spiro atoms. The van der Waals surface area contributed by atoms with E-state index in [1.54, 1.807) is 4.90 Å². The molecule has 0 aromatic rings. The molecule has 1 N–H and O–H groups in total. The number of amides is 2. The minimum atomic E-state index is -3.17. The number of carbonyl (C=O) groups is 2. The predicted octanol–water partition coefficient (Wildman–Crippen LogP) is 1.11. The van der Waals surface area contributed by atoms with Gasteiger partial charge in [0.15, 0.2) is 9.84 Å². The van der Waals surface area contributed by atoms with Gasteiger partial charge in [-0.1, -0.05) is 25.7 Å². The maximum Gasteiger partial charge on any atom is 0.223 e. The van der Waals surface area contributed by atoms with E-state index >= 15 is 0 Å². The summed E-state index contributed by atoms with van der Waals surface area (Å²) in [6.07, 6.45) is 7.55. The molecule has 23 heavy (non-hydrogen) atoms. The van der Waals surface area contributed by atoms with Crippen molar-refractivity contribution < 1.29 is 18.0 Å². The second kappa shape index (κ2) is 8.13. The SMILES string of the molecule is CNC(=O)CC1CS(=O)(=O)CCN1C(=O)CC1CCCCCC1. The molecule has 2 aliphatic rings. The summed E-state index contributed by atoms with van der Waals surface area (Å²) in [5.41, 5.74) is 0. The zero-order chi connectivity index (χ0) is 16.9. The van der Waals surface area contributed by atoms with E-state index in [2.05, 4.69) is 5.32 Å². The number of hydrogen-bond acceptors (Lipinski definition) is 4. The maximum atomic E-state index is 12.7. The van der Waals surface area contributed by atoms with Crippen LogP contribution in [0.25, 0.3) is 0 Å². The van der Waals surface area contributed by atoms with Crippen molar-refractivity contribution in [3.05, 3.63) is 0 Å². The van der Waals surface area contributed by atoms with Gasteiger partial charge in [0.05, 0.1) is 17.5 Å². The van der Waals surface area contributed by atoms with Gasteiger partial charge in [0.2, 0.25) is 11.8 Å². The molecule has 0 bridgehead atoms. The standard InChI is InChI=1S/C16H28N2O4S/c1-17-15(19)11-14-12-23(21,22)9-8-18(14)16(20)10-13-6-4-2-3-5-7-13/h13-14H,2-12H2,1H3,(H,17,19). The monoisotopic (exact) mass is 344 g/mol. The highest BCUT2D eigenvalue weighted by atomic mass is 32.2. The molecule has 2 fully saturated rings. The van der Waals surface area contributed by atoms with Gasteiger partial charge in [0.1, 0.15) is 0 Å². The quantitative estimate of drug-likeness (QED) is 0.774. The van der Waals surface area contributed by atoms with Crippen molar-refractivity contribution in [2.24, 2.45) is 5.92 Å². The normalized spacial score (nSPS) is 25.6. The van der Waals surface area contributed by atoms with Crippen molar-refractivity contribution in [1.82, 2.24) is 10.2 Å². The van der Waals surface area contributed by atoms with Gasteiger partial charge in [0.25, 0.3) is 0 Å². The molecule has 1 aliphatic carbocycles. The molecule has 1 saturated heterocycles. The number of nitrogens with one attached hydrogen (secondary N) is 1. The van der Waals surface area contributed by atoms with Crippen molar-refractivity contribution >= 4 is 21.7 Å². The fourth-order valence-corrected chi connectivity index (χ4v) is 5.16. The predicted molar refractivity (Wildman–Crippen MR) is 88.6 cm³/mol. The Balaban J connectivity index is 2.01. The van der Waals surface area contributed by atoms with Crippen LogP contribution in [0.15, 0.2) is 0 Å². The third kappa shape index (κ3) is 5.48. The third-order valence-corrected chi connectivity index (χ3v) is 6.69. The second-order valence-corrected chi connectivity index (χ2v) is 9.02. The molecular formula is C16H28N2O4S. The molecule has 6 nitrogen and oxygen atoms in total. The van der Waals surface area contributed by atoms with Crippen LogP contribution in [0.4, 0.5) is 0 Å². The summed E-state index contributed by atoms with van der Waals surface area (Å²) in [6, 6.07) is -0.521. The van der Waals surface area contributed by atoms with E-state index < -0.39 is 15.9 Å². The van der Waals surface area contributed by atoms with Crippen molar-refractivity contribution in [2.75, 3.05) is 25.1 Å². The zero-order valence-corrected chi connectivity index (χ0v) is 14.7. The molecule has 0 aromatic heterocycles. The first-order chi connectivity index (χ1) is 10.9.